The summed E-state index contributed by atoms with van der Waals surface area (Å²) in [7, 11) is 0. The minimum absolute atomic E-state index is 0.802. The predicted molar refractivity (Wildman–Crippen MR) is 70.7 cm³/mol. The molecule has 0 saturated carbocycles. The number of hydrogen-bond acceptors (Lipinski definition) is 2. The van der Waals surface area contributed by atoms with Crippen LogP contribution in [0.25, 0.3) is 0 Å². The molecular formula is C12H16ClNS. The average Bonchev–Trinajstić information content (AvgIpc) is 2.26. The van der Waals surface area contributed by atoms with Gasteiger partial charge in [-0.15, -0.1) is 6.58 Å². The molecule has 0 radical (unpaired) electrons. The third kappa shape index (κ3) is 5.88. The quantitative estimate of drug-likeness (QED) is 0.581. The highest BCUT2D eigenvalue weighted by Gasteiger charge is 1.93. The Labute approximate surface area is 101 Å². The first-order valence-corrected chi connectivity index (χ1v) is 6.50. The van der Waals surface area contributed by atoms with E-state index in [1.54, 1.807) is 0 Å². The fourth-order valence-electron chi connectivity index (χ4n) is 1.12. The Kier molecular flexibility index (Phi) is 6.57. The molecule has 1 aromatic rings. The van der Waals surface area contributed by atoms with Gasteiger partial charge in [0.25, 0.3) is 0 Å². The van der Waals surface area contributed by atoms with Crippen LogP contribution in [0.3, 0.4) is 0 Å². The predicted octanol–water partition coefficient (Wildman–Crippen LogP) is 3.35. The molecule has 0 aliphatic heterocycles. The molecule has 0 amide bonds. The van der Waals surface area contributed by atoms with Gasteiger partial charge in [-0.3, -0.25) is 0 Å². The van der Waals surface area contributed by atoms with Crippen molar-refractivity contribution in [3.63, 3.8) is 0 Å². The number of halogens is 1. The summed E-state index contributed by atoms with van der Waals surface area (Å²) in [5, 5.41) is 4.07. The molecule has 3 heteroatoms. The van der Waals surface area contributed by atoms with E-state index in [0.29, 0.717) is 0 Å². The van der Waals surface area contributed by atoms with Gasteiger partial charge < -0.3 is 5.32 Å². The monoisotopic (exact) mass is 241 g/mol. The minimum atomic E-state index is 0.802. The summed E-state index contributed by atoms with van der Waals surface area (Å²) < 4.78 is 0. The van der Waals surface area contributed by atoms with Crippen molar-refractivity contribution in [1.82, 2.24) is 5.32 Å². The van der Waals surface area contributed by atoms with Gasteiger partial charge in [-0.2, -0.15) is 11.8 Å². The van der Waals surface area contributed by atoms with Crippen LogP contribution in [0.5, 0.6) is 0 Å². The number of thioether (sulfide) groups is 1. The molecule has 82 valence electrons. The lowest BCUT2D eigenvalue weighted by Crippen LogP contribution is -2.16. The molecule has 0 spiro atoms. The highest BCUT2D eigenvalue weighted by molar-refractivity contribution is 7.98. The van der Waals surface area contributed by atoms with E-state index in [0.717, 1.165) is 29.6 Å². The Morgan fingerprint density at radius 3 is 2.73 bits per heavy atom. The summed E-state index contributed by atoms with van der Waals surface area (Å²) >= 11 is 7.73. The molecule has 0 aliphatic carbocycles. The first-order chi connectivity index (χ1) is 7.33. The molecule has 1 aromatic carbocycles. The molecule has 1 nitrogen and oxygen atoms in total. The Hall–Kier alpha value is -0.440. The lowest BCUT2D eigenvalue weighted by Gasteiger charge is -2.02. The number of hydrogen-bond donors (Lipinski definition) is 1. The molecule has 1 N–H and O–H groups in total. The van der Waals surface area contributed by atoms with E-state index >= 15 is 0 Å². The van der Waals surface area contributed by atoms with Crippen LogP contribution < -0.4 is 5.32 Å². The molecule has 0 aromatic heterocycles. The van der Waals surface area contributed by atoms with Crippen molar-refractivity contribution in [2.24, 2.45) is 0 Å². The minimum Gasteiger partial charge on any atom is -0.312 e. The number of benzene rings is 1. The maximum Gasteiger partial charge on any atom is 0.0406 e. The van der Waals surface area contributed by atoms with Gasteiger partial charge in [-0.25, -0.2) is 0 Å². The van der Waals surface area contributed by atoms with E-state index in [-0.39, 0.29) is 0 Å². The fourth-order valence-corrected chi connectivity index (χ4v) is 2.11. The van der Waals surface area contributed by atoms with Crippen molar-refractivity contribution >= 4 is 23.4 Å². The Balaban J connectivity index is 2.09. The zero-order valence-electron chi connectivity index (χ0n) is 8.71. The van der Waals surface area contributed by atoms with Crippen LogP contribution in [-0.2, 0) is 5.75 Å². The third-order valence-corrected chi connectivity index (χ3v) is 3.18. The van der Waals surface area contributed by atoms with Gasteiger partial charge in [0, 0.05) is 29.6 Å². The smallest absolute Gasteiger partial charge is 0.0406 e. The molecular weight excluding hydrogens is 226 g/mol. The summed E-state index contributed by atoms with van der Waals surface area (Å²) in [5.74, 6) is 2.17. The van der Waals surface area contributed by atoms with E-state index in [2.05, 4.69) is 24.0 Å². The van der Waals surface area contributed by atoms with Gasteiger partial charge in [0.1, 0.15) is 0 Å². The maximum absolute atomic E-state index is 5.80. The van der Waals surface area contributed by atoms with Crippen LogP contribution in [0.15, 0.2) is 36.9 Å². The van der Waals surface area contributed by atoms with Crippen molar-refractivity contribution in [2.45, 2.75) is 5.75 Å². The number of rotatable bonds is 7. The van der Waals surface area contributed by atoms with Crippen LogP contribution in [0.2, 0.25) is 5.02 Å². The van der Waals surface area contributed by atoms with Crippen LogP contribution in [0.4, 0.5) is 0 Å². The molecule has 0 fully saturated rings. The van der Waals surface area contributed by atoms with Crippen molar-refractivity contribution in [2.75, 3.05) is 18.8 Å². The van der Waals surface area contributed by atoms with Crippen LogP contribution in [0.1, 0.15) is 5.56 Å². The molecule has 0 unspecified atom stereocenters. The Morgan fingerprint density at radius 2 is 2.07 bits per heavy atom. The van der Waals surface area contributed by atoms with E-state index in [1.807, 2.05) is 30.0 Å². The fraction of sp³-hybridized carbons (Fsp3) is 0.333. The average molecular weight is 242 g/mol. The SMILES string of the molecule is C=CCNCCSCc1ccc(Cl)cc1. The van der Waals surface area contributed by atoms with E-state index < -0.39 is 0 Å². The van der Waals surface area contributed by atoms with Crippen LogP contribution in [-0.4, -0.2) is 18.8 Å². The van der Waals surface area contributed by atoms with Gasteiger partial charge in [0.05, 0.1) is 0 Å². The van der Waals surface area contributed by atoms with Crippen molar-refractivity contribution in [3.05, 3.63) is 47.5 Å². The van der Waals surface area contributed by atoms with Crippen molar-refractivity contribution in [1.29, 1.82) is 0 Å². The lowest BCUT2D eigenvalue weighted by molar-refractivity contribution is 0.807. The lowest BCUT2D eigenvalue weighted by atomic mass is 10.2. The second-order valence-electron chi connectivity index (χ2n) is 3.17. The second-order valence-corrected chi connectivity index (χ2v) is 4.71. The summed E-state index contributed by atoms with van der Waals surface area (Å²) in [5.41, 5.74) is 1.33. The molecule has 15 heavy (non-hydrogen) atoms. The zero-order valence-corrected chi connectivity index (χ0v) is 10.3. The molecule has 0 bridgehead atoms. The Morgan fingerprint density at radius 1 is 1.33 bits per heavy atom. The standard InChI is InChI=1S/C12H16ClNS/c1-2-7-14-8-9-15-10-11-3-5-12(13)6-4-11/h2-6,14H,1,7-10H2. The van der Waals surface area contributed by atoms with Crippen molar-refractivity contribution < 1.29 is 0 Å². The summed E-state index contributed by atoms with van der Waals surface area (Å²) in [6.45, 7) is 5.57. The van der Waals surface area contributed by atoms with Gasteiger partial charge in [0.2, 0.25) is 0 Å². The largest absolute Gasteiger partial charge is 0.312 e. The van der Waals surface area contributed by atoms with Crippen molar-refractivity contribution in [3.8, 4) is 0 Å². The van der Waals surface area contributed by atoms with Gasteiger partial charge in [-0.1, -0.05) is 29.8 Å². The third-order valence-electron chi connectivity index (χ3n) is 1.89. The molecule has 0 saturated heterocycles. The topological polar surface area (TPSA) is 12.0 Å². The first kappa shape index (κ1) is 12.6. The van der Waals surface area contributed by atoms with Gasteiger partial charge in [-0.05, 0) is 17.7 Å². The van der Waals surface area contributed by atoms with Gasteiger partial charge >= 0.3 is 0 Å². The van der Waals surface area contributed by atoms with Crippen LogP contribution in [0, 0.1) is 0 Å². The highest BCUT2D eigenvalue weighted by atomic mass is 35.5. The molecule has 0 aliphatic rings. The summed E-state index contributed by atoms with van der Waals surface area (Å²) in [4.78, 5) is 0. The van der Waals surface area contributed by atoms with Crippen LogP contribution >= 0.6 is 23.4 Å². The first-order valence-electron chi connectivity index (χ1n) is 4.96. The summed E-state index contributed by atoms with van der Waals surface area (Å²) in [6, 6.07) is 8.03. The molecule has 0 heterocycles. The second kappa shape index (κ2) is 7.80. The van der Waals surface area contributed by atoms with Gasteiger partial charge in [0.15, 0.2) is 0 Å². The molecule has 1 rings (SSSR count). The zero-order chi connectivity index (χ0) is 10.9. The normalized spacial score (nSPS) is 10.2. The highest BCUT2D eigenvalue weighted by Crippen LogP contribution is 2.14. The van der Waals surface area contributed by atoms with E-state index in [4.69, 9.17) is 11.6 Å². The molecule has 0 atom stereocenters. The Bertz CT molecular complexity index is 284. The summed E-state index contributed by atoms with van der Waals surface area (Å²) in [6.07, 6.45) is 1.88. The maximum atomic E-state index is 5.80. The van der Waals surface area contributed by atoms with E-state index in [9.17, 15) is 0 Å². The van der Waals surface area contributed by atoms with E-state index in [1.165, 1.54) is 5.56 Å². The number of nitrogens with one attached hydrogen (secondary N) is 1.